The molecule has 0 fully saturated rings. The summed E-state index contributed by atoms with van der Waals surface area (Å²) in [6, 6.07) is 1.70. The lowest BCUT2D eigenvalue weighted by atomic mass is 10.4. The lowest BCUT2D eigenvalue weighted by Crippen LogP contribution is -2.23. The number of hydrogen-bond acceptors (Lipinski definition) is 3. The van der Waals surface area contributed by atoms with E-state index in [0.29, 0.717) is 5.69 Å². The third-order valence-corrected chi connectivity index (χ3v) is 2.16. The van der Waals surface area contributed by atoms with Gasteiger partial charge in [-0.25, -0.2) is 4.99 Å². The Hall–Kier alpha value is -1.58. The van der Waals surface area contributed by atoms with Crippen molar-refractivity contribution >= 4 is 12.0 Å². The number of nitrogens with zero attached hydrogens (tertiary/aromatic N) is 3. The van der Waals surface area contributed by atoms with Crippen LogP contribution in [0.4, 0.5) is 5.69 Å². The van der Waals surface area contributed by atoms with Gasteiger partial charge in [-0.3, -0.25) is 4.98 Å². The summed E-state index contributed by atoms with van der Waals surface area (Å²) in [7, 11) is 0. The van der Waals surface area contributed by atoms with Crippen LogP contribution in [0.3, 0.4) is 0 Å². The fourth-order valence-electron chi connectivity index (χ4n) is 1.43. The first kappa shape index (κ1) is 12.5. The van der Waals surface area contributed by atoms with Gasteiger partial charge in [-0.05, 0) is 18.9 Å². The molecule has 0 bridgehead atoms. The van der Waals surface area contributed by atoms with Gasteiger partial charge in [-0.15, -0.1) is 0 Å². The molecular formula is C12H19N3O. The van der Waals surface area contributed by atoms with Crippen LogP contribution in [0.5, 0.6) is 5.75 Å². The Morgan fingerprint density at radius 1 is 1.38 bits per heavy atom. The quantitative estimate of drug-likeness (QED) is 0.593. The zero-order chi connectivity index (χ0) is 11.8. The maximum absolute atomic E-state index is 9.49. The van der Waals surface area contributed by atoms with E-state index in [-0.39, 0.29) is 5.75 Å². The monoisotopic (exact) mass is 221 g/mol. The zero-order valence-electron chi connectivity index (χ0n) is 9.93. The van der Waals surface area contributed by atoms with Gasteiger partial charge in [0, 0.05) is 19.3 Å². The molecule has 0 atom stereocenters. The van der Waals surface area contributed by atoms with Gasteiger partial charge < -0.3 is 10.0 Å². The molecule has 0 unspecified atom stereocenters. The van der Waals surface area contributed by atoms with E-state index in [2.05, 4.69) is 28.7 Å². The van der Waals surface area contributed by atoms with Gasteiger partial charge in [-0.2, -0.15) is 0 Å². The van der Waals surface area contributed by atoms with Gasteiger partial charge in [0.25, 0.3) is 0 Å². The van der Waals surface area contributed by atoms with Crippen molar-refractivity contribution in [1.29, 1.82) is 0 Å². The molecule has 0 aliphatic rings. The van der Waals surface area contributed by atoms with Crippen LogP contribution in [-0.2, 0) is 0 Å². The van der Waals surface area contributed by atoms with Crippen LogP contribution >= 0.6 is 0 Å². The molecule has 0 aromatic carbocycles. The van der Waals surface area contributed by atoms with E-state index in [1.807, 2.05) is 0 Å². The highest BCUT2D eigenvalue weighted by molar-refractivity contribution is 5.64. The van der Waals surface area contributed by atoms with Crippen LogP contribution in [0, 0.1) is 0 Å². The van der Waals surface area contributed by atoms with Crippen molar-refractivity contribution < 1.29 is 5.11 Å². The topological polar surface area (TPSA) is 48.7 Å². The fourth-order valence-corrected chi connectivity index (χ4v) is 1.43. The minimum atomic E-state index is 0.117. The van der Waals surface area contributed by atoms with Crippen molar-refractivity contribution in [2.24, 2.45) is 4.99 Å². The second-order valence-corrected chi connectivity index (χ2v) is 3.64. The number of aromatic hydroxyl groups is 1. The molecule has 1 aromatic rings. The smallest absolute Gasteiger partial charge is 0.159 e. The third-order valence-electron chi connectivity index (χ3n) is 2.16. The number of rotatable bonds is 6. The molecule has 0 radical (unpaired) electrons. The summed E-state index contributed by atoms with van der Waals surface area (Å²) >= 11 is 0. The van der Waals surface area contributed by atoms with Crippen LogP contribution in [0.15, 0.2) is 23.5 Å². The average molecular weight is 221 g/mol. The van der Waals surface area contributed by atoms with E-state index < -0.39 is 0 Å². The van der Waals surface area contributed by atoms with E-state index in [0.717, 1.165) is 25.9 Å². The van der Waals surface area contributed by atoms with Crippen molar-refractivity contribution in [3.63, 3.8) is 0 Å². The first-order valence-electron chi connectivity index (χ1n) is 5.69. The first-order valence-corrected chi connectivity index (χ1v) is 5.69. The maximum atomic E-state index is 9.49. The molecule has 1 rings (SSSR count). The molecule has 1 heterocycles. The minimum absolute atomic E-state index is 0.117. The fraction of sp³-hybridized carbons (Fsp3) is 0.500. The molecule has 0 saturated heterocycles. The highest BCUT2D eigenvalue weighted by Crippen LogP contribution is 2.23. The summed E-state index contributed by atoms with van der Waals surface area (Å²) in [5.41, 5.74) is 0.562. The number of aliphatic imine (C=N–C) groups is 1. The van der Waals surface area contributed by atoms with Gasteiger partial charge >= 0.3 is 0 Å². The predicted molar refractivity (Wildman–Crippen MR) is 66.2 cm³/mol. The summed E-state index contributed by atoms with van der Waals surface area (Å²) in [4.78, 5) is 10.2. The van der Waals surface area contributed by atoms with E-state index in [9.17, 15) is 5.11 Å². The summed E-state index contributed by atoms with van der Waals surface area (Å²) in [5.74, 6) is 0.117. The van der Waals surface area contributed by atoms with Crippen LogP contribution in [0.1, 0.15) is 26.7 Å². The van der Waals surface area contributed by atoms with Crippen LogP contribution in [0.25, 0.3) is 0 Å². The van der Waals surface area contributed by atoms with Crippen molar-refractivity contribution in [3.8, 4) is 5.75 Å². The van der Waals surface area contributed by atoms with Gasteiger partial charge in [0.1, 0.15) is 5.69 Å². The largest absolute Gasteiger partial charge is 0.504 e. The normalized spacial score (nSPS) is 10.9. The average Bonchev–Trinajstić information content (AvgIpc) is 2.28. The summed E-state index contributed by atoms with van der Waals surface area (Å²) in [5, 5.41) is 9.49. The number of hydrogen-bond donors (Lipinski definition) is 1. The lowest BCUT2D eigenvalue weighted by Gasteiger charge is -2.17. The Balaban J connectivity index is 2.66. The first-order chi connectivity index (χ1) is 7.77. The van der Waals surface area contributed by atoms with Crippen molar-refractivity contribution in [2.75, 3.05) is 13.1 Å². The molecule has 1 N–H and O–H groups in total. The van der Waals surface area contributed by atoms with Gasteiger partial charge in [0.2, 0.25) is 0 Å². The van der Waals surface area contributed by atoms with Gasteiger partial charge in [0.05, 0.1) is 12.5 Å². The predicted octanol–water partition coefficient (Wildman–Crippen LogP) is 2.57. The molecule has 88 valence electrons. The molecule has 0 aliphatic heterocycles. The van der Waals surface area contributed by atoms with E-state index >= 15 is 0 Å². The van der Waals surface area contributed by atoms with Crippen LogP contribution in [0.2, 0.25) is 0 Å². The minimum Gasteiger partial charge on any atom is -0.504 e. The van der Waals surface area contributed by atoms with E-state index in [1.54, 1.807) is 18.6 Å². The standard InChI is InChI=1S/C12H19N3O/c1-3-7-15(8-4-2)10-14-11-5-6-13-9-12(11)16/h5-6,9-10,16H,3-4,7-8H2,1-2H3. The molecule has 0 spiro atoms. The summed E-state index contributed by atoms with van der Waals surface area (Å²) < 4.78 is 0. The molecule has 0 aliphatic carbocycles. The number of pyridine rings is 1. The molecule has 0 saturated carbocycles. The van der Waals surface area contributed by atoms with Crippen molar-refractivity contribution in [1.82, 2.24) is 9.88 Å². The van der Waals surface area contributed by atoms with E-state index in [4.69, 9.17) is 0 Å². The Morgan fingerprint density at radius 2 is 2.06 bits per heavy atom. The highest BCUT2D eigenvalue weighted by atomic mass is 16.3. The SMILES string of the molecule is CCCN(C=Nc1ccncc1O)CCC. The molecule has 16 heavy (non-hydrogen) atoms. The zero-order valence-corrected chi connectivity index (χ0v) is 9.93. The highest BCUT2D eigenvalue weighted by Gasteiger charge is 1.99. The second kappa shape index (κ2) is 6.82. The summed E-state index contributed by atoms with van der Waals surface area (Å²) in [6.07, 6.45) is 7.00. The Morgan fingerprint density at radius 3 is 2.62 bits per heavy atom. The molecule has 0 amide bonds. The summed E-state index contributed by atoms with van der Waals surface area (Å²) in [6.45, 7) is 6.26. The molecular weight excluding hydrogens is 202 g/mol. The molecule has 4 nitrogen and oxygen atoms in total. The van der Waals surface area contributed by atoms with Crippen LogP contribution in [-0.4, -0.2) is 34.4 Å². The second-order valence-electron chi connectivity index (χ2n) is 3.64. The van der Waals surface area contributed by atoms with Crippen molar-refractivity contribution in [2.45, 2.75) is 26.7 Å². The van der Waals surface area contributed by atoms with E-state index in [1.165, 1.54) is 6.20 Å². The van der Waals surface area contributed by atoms with Crippen LogP contribution < -0.4 is 0 Å². The van der Waals surface area contributed by atoms with Crippen molar-refractivity contribution in [3.05, 3.63) is 18.5 Å². The lowest BCUT2D eigenvalue weighted by molar-refractivity contribution is 0.428. The number of aromatic nitrogens is 1. The third kappa shape index (κ3) is 3.88. The maximum Gasteiger partial charge on any atom is 0.159 e. The Kier molecular flexibility index (Phi) is 5.32. The Labute approximate surface area is 96.7 Å². The molecule has 1 aromatic heterocycles. The van der Waals surface area contributed by atoms with Gasteiger partial charge in [-0.1, -0.05) is 13.8 Å². The van der Waals surface area contributed by atoms with Gasteiger partial charge in [0.15, 0.2) is 5.75 Å². The Bertz CT molecular complexity index is 333. The molecule has 4 heteroatoms.